The molecule has 0 spiro atoms. The smallest absolute Gasteiger partial charge is 0.105 e. The first kappa shape index (κ1) is 11.6. The fraction of sp³-hybridized carbons (Fsp3) is 0.286. The minimum absolute atomic E-state index is 0.107. The summed E-state index contributed by atoms with van der Waals surface area (Å²) in [7, 11) is 0. The van der Waals surface area contributed by atoms with Gasteiger partial charge in [0.05, 0.1) is 11.2 Å². The van der Waals surface area contributed by atoms with Gasteiger partial charge in [-0.1, -0.05) is 26.8 Å². The molecule has 88 valence electrons. The molecule has 0 saturated carbocycles. The normalized spacial score (nSPS) is 13.0. The Balaban J connectivity index is 2.44. The first-order chi connectivity index (χ1) is 7.97. The van der Waals surface area contributed by atoms with Crippen LogP contribution in [0.25, 0.3) is 10.9 Å². The molecule has 1 aromatic carbocycles. The van der Waals surface area contributed by atoms with Crippen molar-refractivity contribution in [2.45, 2.75) is 20.8 Å². The molecule has 3 nitrogen and oxygen atoms in total. The highest BCUT2D eigenvalue weighted by molar-refractivity contribution is 5.89. The van der Waals surface area contributed by atoms with Crippen molar-refractivity contribution in [3.05, 3.63) is 36.5 Å². The van der Waals surface area contributed by atoms with Crippen LogP contribution in [0.5, 0.6) is 0 Å². The number of nitrogens with zero attached hydrogens (tertiary/aromatic N) is 2. The van der Waals surface area contributed by atoms with Gasteiger partial charge in [-0.05, 0) is 24.3 Å². The molecule has 0 fully saturated rings. The molecule has 1 heterocycles. The van der Waals surface area contributed by atoms with Gasteiger partial charge in [-0.25, -0.2) is 4.99 Å². The largest absolute Gasteiger partial charge is 0.387 e. The third-order valence-corrected chi connectivity index (χ3v) is 2.60. The fourth-order valence-electron chi connectivity index (χ4n) is 1.44. The van der Waals surface area contributed by atoms with E-state index in [0.29, 0.717) is 5.84 Å². The van der Waals surface area contributed by atoms with Gasteiger partial charge in [0.15, 0.2) is 0 Å². The van der Waals surface area contributed by atoms with Crippen molar-refractivity contribution in [2.75, 3.05) is 0 Å². The lowest BCUT2D eigenvalue weighted by molar-refractivity contribution is 0.585. The average molecular weight is 227 g/mol. The number of benzene rings is 1. The third kappa shape index (κ3) is 2.61. The molecule has 0 atom stereocenters. The zero-order valence-corrected chi connectivity index (χ0v) is 10.4. The summed E-state index contributed by atoms with van der Waals surface area (Å²) in [5.74, 6) is 0.640. The molecular weight excluding hydrogens is 210 g/mol. The van der Waals surface area contributed by atoms with Gasteiger partial charge >= 0.3 is 0 Å². The van der Waals surface area contributed by atoms with Crippen LogP contribution < -0.4 is 5.73 Å². The number of pyridine rings is 1. The van der Waals surface area contributed by atoms with Gasteiger partial charge in [0.25, 0.3) is 0 Å². The van der Waals surface area contributed by atoms with Gasteiger partial charge in [0.2, 0.25) is 0 Å². The van der Waals surface area contributed by atoms with Crippen LogP contribution in [0.15, 0.2) is 41.5 Å². The molecule has 0 aliphatic heterocycles. The van der Waals surface area contributed by atoms with E-state index in [4.69, 9.17) is 5.73 Å². The van der Waals surface area contributed by atoms with Crippen molar-refractivity contribution in [1.82, 2.24) is 4.98 Å². The van der Waals surface area contributed by atoms with Crippen LogP contribution in [0.2, 0.25) is 0 Å². The maximum atomic E-state index is 5.96. The summed E-state index contributed by atoms with van der Waals surface area (Å²) >= 11 is 0. The predicted molar refractivity (Wildman–Crippen MR) is 72.5 cm³/mol. The monoisotopic (exact) mass is 227 g/mol. The lowest BCUT2D eigenvalue weighted by atomic mass is 9.95. The topological polar surface area (TPSA) is 51.3 Å². The summed E-state index contributed by atoms with van der Waals surface area (Å²) in [4.78, 5) is 8.72. The van der Waals surface area contributed by atoms with Crippen molar-refractivity contribution >= 4 is 22.4 Å². The fourth-order valence-corrected chi connectivity index (χ4v) is 1.44. The number of hydrogen-bond acceptors (Lipinski definition) is 2. The number of hydrogen-bond donors (Lipinski definition) is 1. The number of aromatic nitrogens is 1. The Bertz CT molecular complexity index is 565. The molecule has 0 aliphatic carbocycles. The molecule has 0 radical (unpaired) electrons. The van der Waals surface area contributed by atoms with E-state index >= 15 is 0 Å². The second-order valence-electron chi connectivity index (χ2n) is 5.13. The van der Waals surface area contributed by atoms with E-state index in [9.17, 15) is 0 Å². The number of amidine groups is 1. The Kier molecular flexibility index (Phi) is 2.84. The lowest BCUT2D eigenvalue weighted by Gasteiger charge is -2.17. The van der Waals surface area contributed by atoms with Crippen LogP contribution in [0.4, 0.5) is 5.69 Å². The maximum Gasteiger partial charge on any atom is 0.105 e. The minimum Gasteiger partial charge on any atom is -0.387 e. The molecule has 2 N–H and O–H groups in total. The van der Waals surface area contributed by atoms with Crippen molar-refractivity contribution in [2.24, 2.45) is 16.1 Å². The Hall–Kier alpha value is -1.90. The maximum absolute atomic E-state index is 5.96. The van der Waals surface area contributed by atoms with E-state index in [1.54, 1.807) is 6.20 Å². The number of nitrogens with two attached hydrogens (primary N) is 1. The zero-order chi connectivity index (χ0) is 12.5. The van der Waals surface area contributed by atoms with E-state index in [1.807, 2.05) is 30.3 Å². The average Bonchev–Trinajstić information content (AvgIpc) is 2.27. The SMILES string of the molecule is CC(C)(C)C(N)=Nc1ccc2ncccc2c1. The molecule has 0 unspecified atom stereocenters. The Morgan fingerprint density at radius 1 is 1.24 bits per heavy atom. The van der Waals surface area contributed by atoms with E-state index in [2.05, 4.69) is 30.7 Å². The molecule has 2 aromatic rings. The number of rotatable bonds is 1. The molecule has 3 heteroatoms. The van der Waals surface area contributed by atoms with Crippen LogP contribution in [-0.4, -0.2) is 10.8 Å². The highest BCUT2D eigenvalue weighted by atomic mass is 14.9. The highest BCUT2D eigenvalue weighted by Crippen LogP contribution is 2.22. The quantitative estimate of drug-likeness (QED) is 0.600. The summed E-state index contributed by atoms with van der Waals surface area (Å²) in [6.45, 7) is 6.15. The summed E-state index contributed by atoms with van der Waals surface area (Å²) in [6, 6.07) is 9.84. The van der Waals surface area contributed by atoms with Crippen LogP contribution >= 0.6 is 0 Å². The first-order valence-electron chi connectivity index (χ1n) is 5.66. The second-order valence-corrected chi connectivity index (χ2v) is 5.13. The van der Waals surface area contributed by atoms with Crippen molar-refractivity contribution < 1.29 is 0 Å². The van der Waals surface area contributed by atoms with E-state index in [-0.39, 0.29) is 5.41 Å². The molecule has 0 amide bonds. The molecule has 17 heavy (non-hydrogen) atoms. The summed E-state index contributed by atoms with van der Waals surface area (Å²) in [6.07, 6.45) is 1.79. The highest BCUT2D eigenvalue weighted by Gasteiger charge is 2.15. The van der Waals surface area contributed by atoms with Gasteiger partial charge in [0, 0.05) is 17.0 Å². The molecular formula is C14H17N3. The van der Waals surface area contributed by atoms with Gasteiger partial charge in [0.1, 0.15) is 5.84 Å². The van der Waals surface area contributed by atoms with Crippen LogP contribution in [0, 0.1) is 5.41 Å². The van der Waals surface area contributed by atoms with Crippen LogP contribution in [0.3, 0.4) is 0 Å². The molecule has 1 aromatic heterocycles. The minimum atomic E-state index is -0.107. The van der Waals surface area contributed by atoms with Crippen LogP contribution in [0.1, 0.15) is 20.8 Å². The number of fused-ring (bicyclic) bond motifs is 1. The summed E-state index contributed by atoms with van der Waals surface area (Å²) in [5, 5.41) is 1.08. The molecule has 0 bridgehead atoms. The predicted octanol–water partition coefficient (Wildman–Crippen LogP) is 3.27. The standard InChI is InChI=1S/C14H17N3/c1-14(2,3)13(15)17-11-6-7-12-10(9-11)5-4-8-16-12/h4-9H,1-3H3,(H2,15,17). The van der Waals surface area contributed by atoms with E-state index in [1.165, 1.54) is 0 Å². The Morgan fingerprint density at radius 3 is 2.71 bits per heavy atom. The van der Waals surface area contributed by atoms with Gasteiger partial charge < -0.3 is 5.73 Å². The Morgan fingerprint density at radius 2 is 2.00 bits per heavy atom. The van der Waals surface area contributed by atoms with Gasteiger partial charge in [-0.15, -0.1) is 0 Å². The van der Waals surface area contributed by atoms with Crippen molar-refractivity contribution in [3.63, 3.8) is 0 Å². The Labute approximate surface area is 101 Å². The summed E-state index contributed by atoms with van der Waals surface area (Å²) < 4.78 is 0. The summed E-state index contributed by atoms with van der Waals surface area (Å²) in [5.41, 5.74) is 7.70. The lowest BCUT2D eigenvalue weighted by Crippen LogP contribution is -2.28. The molecule has 0 saturated heterocycles. The van der Waals surface area contributed by atoms with E-state index in [0.717, 1.165) is 16.6 Å². The van der Waals surface area contributed by atoms with Crippen LogP contribution in [-0.2, 0) is 0 Å². The van der Waals surface area contributed by atoms with Crippen molar-refractivity contribution in [1.29, 1.82) is 0 Å². The first-order valence-corrected chi connectivity index (χ1v) is 5.66. The molecule has 2 rings (SSSR count). The van der Waals surface area contributed by atoms with Crippen molar-refractivity contribution in [3.8, 4) is 0 Å². The third-order valence-electron chi connectivity index (χ3n) is 2.60. The van der Waals surface area contributed by atoms with E-state index < -0.39 is 0 Å². The van der Waals surface area contributed by atoms with Gasteiger partial charge in [-0.3, -0.25) is 4.98 Å². The second kappa shape index (κ2) is 4.17. The number of aliphatic imine (C=N–C) groups is 1. The van der Waals surface area contributed by atoms with Gasteiger partial charge in [-0.2, -0.15) is 0 Å². The zero-order valence-electron chi connectivity index (χ0n) is 10.4. The molecule has 0 aliphatic rings.